The number of hydrogen-bond donors (Lipinski definition) is 0. The van der Waals surface area contributed by atoms with Crippen LogP contribution in [0.1, 0.15) is 44.9 Å². The molecule has 26 heavy (non-hydrogen) atoms. The summed E-state index contributed by atoms with van der Waals surface area (Å²) in [5, 5.41) is 2.29. The number of nitrogens with zero attached hydrogens (tertiary/aromatic N) is 3. The van der Waals surface area contributed by atoms with Crippen molar-refractivity contribution in [3.05, 3.63) is 35.5 Å². The van der Waals surface area contributed by atoms with E-state index in [1.807, 2.05) is 6.92 Å². The topological polar surface area (TPSA) is 32.5 Å². The summed E-state index contributed by atoms with van der Waals surface area (Å²) in [7, 11) is 0. The first kappa shape index (κ1) is 16.1. The molecule has 6 rings (SSSR count). The van der Waals surface area contributed by atoms with E-state index in [1.165, 1.54) is 36.0 Å². The quantitative estimate of drug-likeness (QED) is 0.618. The largest absolute Gasteiger partial charge is 0.436 e. The van der Waals surface area contributed by atoms with Gasteiger partial charge in [0.1, 0.15) is 0 Å². The second kappa shape index (κ2) is 5.23. The zero-order chi connectivity index (χ0) is 18.2. The second-order valence-electron chi connectivity index (χ2n) is 8.55. The van der Waals surface area contributed by atoms with Gasteiger partial charge < -0.3 is 9.32 Å². The van der Waals surface area contributed by atoms with Gasteiger partial charge in [0.05, 0.1) is 11.9 Å². The molecule has 2 bridgehead atoms. The number of hydrogen-bond acceptors (Lipinski definition) is 4. The molecule has 3 aliphatic rings. The van der Waals surface area contributed by atoms with Gasteiger partial charge in [-0.3, -0.25) is 4.90 Å². The number of rotatable bonds is 1. The summed E-state index contributed by atoms with van der Waals surface area (Å²) in [4.78, 5) is 9.89. The third-order valence-electron chi connectivity index (χ3n) is 6.71. The molecular formula is C22H27N3O. The van der Waals surface area contributed by atoms with Crippen molar-refractivity contribution in [2.45, 2.75) is 65.2 Å². The Balaban J connectivity index is 1.79. The predicted octanol–water partition coefficient (Wildman–Crippen LogP) is 5.01. The molecule has 0 spiro atoms. The van der Waals surface area contributed by atoms with Gasteiger partial charge in [-0.2, -0.15) is 0 Å². The zero-order valence-electron chi connectivity index (χ0n) is 16.3. The fraction of sp³-hybridized carbons (Fsp3) is 0.500. The predicted molar refractivity (Wildman–Crippen MR) is 107 cm³/mol. The lowest BCUT2D eigenvalue weighted by Crippen LogP contribution is -2.71. The first-order valence-corrected chi connectivity index (χ1v) is 9.73. The van der Waals surface area contributed by atoms with Crippen molar-refractivity contribution in [2.24, 2.45) is 0 Å². The summed E-state index contributed by atoms with van der Waals surface area (Å²) in [6.07, 6.45) is 2.78. The van der Waals surface area contributed by atoms with Crippen molar-refractivity contribution in [1.82, 2.24) is 9.88 Å². The first-order chi connectivity index (χ1) is 12.4. The van der Waals surface area contributed by atoms with Crippen LogP contribution in [-0.2, 0) is 0 Å². The van der Waals surface area contributed by atoms with Crippen LogP contribution in [0.25, 0.3) is 22.1 Å². The third kappa shape index (κ3) is 2.02. The van der Waals surface area contributed by atoms with Gasteiger partial charge in [0, 0.05) is 34.6 Å². The maximum absolute atomic E-state index is 6.35. The van der Waals surface area contributed by atoms with E-state index < -0.39 is 0 Å². The standard InChI is InChI=1S/C22H27N3O/c1-13-6-8-17-18-9-7-14(2)23-21(18)26-20(17)19(13)25-16(4)24-11-10-22(25,5)12-15(24)3/h6-9,15-16H,10-12H2,1-5H3/t15?,16-,22?/m0/s1. The van der Waals surface area contributed by atoms with Crippen LogP contribution in [0.5, 0.6) is 0 Å². The maximum atomic E-state index is 6.35. The molecule has 3 aromatic rings. The smallest absolute Gasteiger partial charge is 0.227 e. The molecule has 0 N–H and O–H groups in total. The molecular weight excluding hydrogens is 322 g/mol. The van der Waals surface area contributed by atoms with Crippen LogP contribution < -0.4 is 4.90 Å². The minimum atomic E-state index is 0.176. The van der Waals surface area contributed by atoms with Crippen LogP contribution in [0.2, 0.25) is 0 Å². The number of piperidine rings is 1. The number of furan rings is 1. The lowest BCUT2D eigenvalue weighted by atomic mass is 9.78. The Morgan fingerprint density at radius 2 is 1.88 bits per heavy atom. The Morgan fingerprint density at radius 3 is 2.62 bits per heavy atom. The highest BCUT2D eigenvalue weighted by Gasteiger charge is 2.50. The average molecular weight is 349 g/mol. The Hall–Kier alpha value is -2.07. The van der Waals surface area contributed by atoms with Crippen LogP contribution >= 0.6 is 0 Å². The van der Waals surface area contributed by atoms with E-state index in [0.717, 1.165) is 22.4 Å². The van der Waals surface area contributed by atoms with E-state index in [4.69, 9.17) is 4.42 Å². The number of fused-ring (bicyclic) bond motifs is 6. The highest BCUT2D eigenvalue weighted by Crippen LogP contribution is 2.48. The summed E-state index contributed by atoms with van der Waals surface area (Å²) in [6.45, 7) is 12.5. The Kier molecular flexibility index (Phi) is 3.24. The van der Waals surface area contributed by atoms with Gasteiger partial charge in [0.15, 0.2) is 5.58 Å². The molecule has 2 aromatic heterocycles. The van der Waals surface area contributed by atoms with Crippen molar-refractivity contribution >= 4 is 27.8 Å². The fourth-order valence-corrected chi connectivity index (χ4v) is 5.47. The van der Waals surface area contributed by atoms with Gasteiger partial charge in [-0.1, -0.05) is 12.1 Å². The molecule has 1 aromatic carbocycles. The number of anilines is 1. The van der Waals surface area contributed by atoms with Gasteiger partial charge >= 0.3 is 0 Å². The second-order valence-corrected chi connectivity index (χ2v) is 8.55. The third-order valence-corrected chi connectivity index (χ3v) is 6.71. The Bertz CT molecular complexity index is 1020. The molecule has 5 heterocycles. The zero-order valence-corrected chi connectivity index (χ0v) is 16.3. The monoisotopic (exact) mass is 349 g/mol. The van der Waals surface area contributed by atoms with E-state index in [0.29, 0.717) is 12.2 Å². The maximum Gasteiger partial charge on any atom is 0.227 e. The van der Waals surface area contributed by atoms with Crippen molar-refractivity contribution < 1.29 is 4.42 Å². The van der Waals surface area contributed by atoms with Gasteiger partial charge in [-0.15, -0.1) is 0 Å². The highest BCUT2D eigenvalue weighted by atomic mass is 16.3. The van der Waals surface area contributed by atoms with Gasteiger partial charge in [0.25, 0.3) is 0 Å². The molecule has 3 aliphatic heterocycles. The van der Waals surface area contributed by atoms with Gasteiger partial charge in [-0.05, 0) is 65.2 Å². The highest BCUT2D eigenvalue weighted by molar-refractivity contribution is 6.08. The normalized spacial score (nSPS) is 31.3. The lowest BCUT2D eigenvalue weighted by Gasteiger charge is -2.62. The van der Waals surface area contributed by atoms with Crippen molar-refractivity contribution in [3.8, 4) is 0 Å². The minimum absolute atomic E-state index is 0.176. The first-order valence-electron chi connectivity index (χ1n) is 9.73. The molecule has 4 heteroatoms. The SMILES string of the molecule is Cc1ccc2c(n1)oc1c(N3[C@@H](C)N4CCC3(C)CC4C)c(C)ccc12. The van der Waals surface area contributed by atoms with Gasteiger partial charge in [-0.25, -0.2) is 4.98 Å². The average Bonchev–Trinajstić information content (AvgIpc) is 2.93. The molecule has 4 nitrogen and oxygen atoms in total. The Labute approximate surface area is 154 Å². The Morgan fingerprint density at radius 1 is 1.12 bits per heavy atom. The van der Waals surface area contributed by atoms with Crippen LogP contribution in [0.15, 0.2) is 28.7 Å². The minimum Gasteiger partial charge on any atom is -0.436 e. The summed E-state index contributed by atoms with van der Waals surface area (Å²) < 4.78 is 6.35. The number of benzene rings is 1. The van der Waals surface area contributed by atoms with E-state index >= 15 is 0 Å². The number of aryl methyl sites for hydroxylation is 2. The molecule has 0 amide bonds. The molecule has 136 valence electrons. The molecule has 4 atom stereocenters. The van der Waals surface area contributed by atoms with Crippen molar-refractivity contribution in [2.75, 3.05) is 11.4 Å². The number of aromatic nitrogens is 1. The summed E-state index contributed by atoms with van der Waals surface area (Å²) in [6, 6.07) is 9.27. The summed E-state index contributed by atoms with van der Waals surface area (Å²) in [5.74, 6) is 0. The van der Waals surface area contributed by atoms with Crippen LogP contribution in [0.3, 0.4) is 0 Å². The van der Waals surface area contributed by atoms with E-state index in [-0.39, 0.29) is 5.54 Å². The fourth-order valence-electron chi connectivity index (χ4n) is 5.47. The van der Waals surface area contributed by atoms with Crippen molar-refractivity contribution in [1.29, 1.82) is 0 Å². The molecule has 3 fully saturated rings. The van der Waals surface area contributed by atoms with E-state index in [1.54, 1.807) is 0 Å². The van der Waals surface area contributed by atoms with E-state index in [9.17, 15) is 0 Å². The van der Waals surface area contributed by atoms with Crippen LogP contribution in [0, 0.1) is 13.8 Å². The molecule has 0 radical (unpaired) electrons. The van der Waals surface area contributed by atoms with Crippen LogP contribution in [0.4, 0.5) is 5.69 Å². The molecule has 0 saturated carbocycles. The molecule has 0 aliphatic carbocycles. The van der Waals surface area contributed by atoms with Gasteiger partial charge in [0.2, 0.25) is 5.71 Å². The molecule has 3 unspecified atom stereocenters. The summed E-state index contributed by atoms with van der Waals surface area (Å²) >= 11 is 0. The van der Waals surface area contributed by atoms with Crippen LogP contribution in [-0.4, -0.2) is 34.2 Å². The summed E-state index contributed by atoms with van der Waals surface area (Å²) in [5.41, 5.74) is 5.45. The number of pyridine rings is 1. The lowest BCUT2D eigenvalue weighted by molar-refractivity contribution is 0.00487. The van der Waals surface area contributed by atoms with Crippen molar-refractivity contribution in [3.63, 3.8) is 0 Å². The molecule has 3 saturated heterocycles. The van der Waals surface area contributed by atoms with E-state index in [2.05, 4.69) is 66.7 Å².